The van der Waals surface area contributed by atoms with Gasteiger partial charge in [-0.15, -0.1) is 0 Å². The fraction of sp³-hybridized carbons (Fsp3) is 0.333. The lowest BCUT2D eigenvalue weighted by Crippen LogP contribution is -2.16. The Kier molecular flexibility index (Phi) is 4.01. The number of benzene rings is 1. The summed E-state index contributed by atoms with van der Waals surface area (Å²) < 4.78 is 31.1. The molecule has 0 heterocycles. The van der Waals surface area contributed by atoms with Crippen LogP contribution in [0.15, 0.2) is 10.5 Å². The molecule has 1 rings (SSSR count). The molecule has 6 heteroatoms. The van der Waals surface area contributed by atoms with Crippen LogP contribution >= 0.6 is 15.9 Å². The van der Waals surface area contributed by atoms with Gasteiger partial charge in [0.25, 0.3) is 0 Å². The van der Waals surface area contributed by atoms with Gasteiger partial charge in [0.1, 0.15) is 0 Å². The topological polar surface area (TPSA) is 55.5 Å². The number of aliphatic hydroxyl groups excluding tert-OH is 1. The molecule has 0 aromatic heterocycles. The fourth-order valence-corrected chi connectivity index (χ4v) is 1.60. The van der Waals surface area contributed by atoms with Gasteiger partial charge in [-0.25, -0.2) is 4.39 Å². The summed E-state index contributed by atoms with van der Waals surface area (Å²) >= 11 is 2.85. The molecule has 1 unspecified atom stereocenters. The van der Waals surface area contributed by atoms with Gasteiger partial charge in [0, 0.05) is 5.56 Å². The number of aliphatic hydroxyl groups is 1. The Hall–Kier alpha value is -0.720. The first-order chi connectivity index (χ1) is 7.02. The van der Waals surface area contributed by atoms with E-state index in [1.54, 1.807) is 0 Å². The molecule has 1 aromatic carbocycles. The summed E-state index contributed by atoms with van der Waals surface area (Å²) in [5.74, 6) is -2.44. The van der Waals surface area contributed by atoms with Crippen LogP contribution in [0.4, 0.5) is 8.78 Å². The van der Waals surface area contributed by atoms with Gasteiger partial charge in [0.2, 0.25) is 5.82 Å². The van der Waals surface area contributed by atoms with Gasteiger partial charge in [-0.2, -0.15) is 4.39 Å². The number of rotatable bonds is 3. The lowest BCUT2D eigenvalue weighted by atomic mass is 10.1. The monoisotopic (exact) mass is 281 g/mol. The van der Waals surface area contributed by atoms with Crippen molar-refractivity contribution in [2.24, 2.45) is 5.73 Å². The molecule has 0 fully saturated rings. The molecule has 0 aliphatic heterocycles. The number of nitrogens with two attached hydrogens (primary N) is 1. The molecule has 0 saturated heterocycles. The van der Waals surface area contributed by atoms with E-state index in [4.69, 9.17) is 15.6 Å². The Morgan fingerprint density at radius 2 is 2.13 bits per heavy atom. The van der Waals surface area contributed by atoms with Crippen LogP contribution in [0.25, 0.3) is 0 Å². The molecule has 0 spiro atoms. The Balaban J connectivity index is 3.38. The second-order valence-electron chi connectivity index (χ2n) is 2.90. The van der Waals surface area contributed by atoms with E-state index >= 15 is 0 Å². The van der Waals surface area contributed by atoms with Crippen LogP contribution < -0.4 is 10.5 Å². The molecule has 84 valence electrons. The largest absolute Gasteiger partial charge is 0.493 e. The number of hydrogen-bond acceptors (Lipinski definition) is 3. The van der Waals surface area contributed by atoms with Crippen molar-refractivity contribution in [1.29, 1.82) is 0 Å². The van der Waals surface area contributed by atoms with E-state index in [0.717, 1.165) is 0 Å². The van der Waals surface area contributed by atoms with Crippen molar-refractivity contribution in [2.75, 3.05) is 13.7 Å². The molecular weight excluding hydrogens is 272 g/mol. The van der Waals surface area contributed by atoms with Crippen molar-refractivity contribution < 1.29 is 18.6 Å². The number of hydrogen-bond donors (Lipinski definition) is 2. The molecule has 1 aromatic rings. The number of halogens is 3. The second kappa shape index (κ2) is 4.87. The molecule has 0 amide bonds. The molecule has 0 saturated carbocycles. The SMILES string of the molecule is COc1c(C(N)CO)cc(Br)c(F)c1F. The Labute approximate surface area is 94.0 Å². The minimum atomic E-state index is -1.12. The van der Waals surface area contributed by atoms with Gasteiger partial charge in [-0.1, -0.05) is 0 Å². The third-order valence-corrected chi connectivity index (χ3v) is 2.52. The number of methoxy groups -OCH3 is 1. The van der Waals surface area contributed by atoms with Crippen molar-refractivity contribution in [1.82, 2.24) is 0 Å². The Morgan fingerprint density at radius 3 is 2.60 bits per heavy atom. The fourth-order valence-electron chi connectivity index (χ4n) is 1.18. The van der Waals surface area contributed by atoms with Crippen LogP contribution in [0.2, 0.25) is 0 Å². The van der Waals surface area contributed by atoms with Gasteiger partial charge in [-0.3, -0.25) is 0 Å². The van der Waals surface area contributed by atoms with Crippen LogP contribution in [0.3, 0.4) is 0 Å². The number of ether oxygens (including phenoxy) is 1. The van der Waals surface area contributed by atoms with E-state index in [0.29, 0.717) is 0 Å². The zero-order valence-electron chi connectivity index (χ0n) is 7.93. The van der Waals surface area contributed by atoms with Crippen molar-refractivity contribution in [3.8, 4) is 5.75 Å². The highest BCUT2D eigenvalue weighted by molar-refractivity contribution is 9.10. The smallest absolute Gasteiger partial charge is 0.202 e. The molecule has 1 atom stereocenters. The van der Waals surface area contributed by atoms with E-state index in [9.17, 15) is 8.78 Å². The highest BCUT2D eigenvalue weighted by Crippen LogP contribution is 2.33. The maximum atomic E-state index is 13.4. The third kappa shape index (κ3) is 2.27. The molecule has 3 N–H and O–H groups in total. The van der Waals surface area contributed by atoms with Crippen molar-refractivity contribution >= 4 is 15.9 Å². The summed E-state index contributed by atoms with van der Waals surface area (Å²) in [6, 6.07) is 0.476. The van der Waals surface area contributed by atoms with E-state index in [-0.39, 0.29) is 22.4 Å². The molecule has 3 nitrogen and oxygen atoms in total. The normalized spacial score (nSPS) is 12.7. The van der Waals surface area contributed by atoms with Gasteiger partial charge in [-0.05, 0) is 22.0 Å². The van der Waals surface area contributed by atoms with Gasteiger partial charge >= 0.3 is 0 Å². The first kappa shape index (κ1) is 12.4. The Morgan fingerprint density at radius 1 is 1.53 bits per heavy atom. The summed E-state index contributed by atoms with van der Waals surface area (Å²) in [4.78, 5) is 0. The van der Waals surface area contributed by atoms with Crippen molar-refractivity contribution in [2.45, 2.75) is 6.04 Å². The summed E-state index contributed by atoms with van der Waals surface area (Å²) in [5, 5.41) is 8.85. The highest BCUT2D eigenvalue weighted by Gasteiger charge is 2.21. The lowest BCUT2D eigenvalue weighted by molar-refractivity contribution is 0.262. The van der Waals surface area contributed by atoms with E-state index in [1.165, 1.54) is 13.2 Å². The first-order valence-corrected chi connectivity index (χ1v) is 4.90. The van der Waals surface area contributed by atoms with Crippen LogP contribution in [0.5, 0.6) is 5.75 Å². The van der Waals surface area contributed by atoms with Gasteiger partial charge in [0.05, 0.1) is 24.2 Å². The average molecular weight is 282 g/mol. The van der Waals surface area contributed by atoms with Crippen molar-refractivity contribution in [3.05, 3.63) is 27.7 Å². The average Bonchev–Trinajstić information content (AvgIpc) is 2.24. The summed E-state index contributed by atoms with van der Waals surface area (Å²) in [6.07, 6.45) is 0. The minimum Gasteiger partial charge on any atom is -0.493 e. The molecule has 0 aliphatic rings. The standard InChI is InChI=1S/C9H10BrF2NO2/c1-15-9-4(6(13)3-14)2-5(10)7(11)8(9)12/h2,6,14H,3,13H2,1H3. The van der Waals surface area contributed by atoms with Gasteiger partial charge in [0.15, 0.2) is 11.6 Å². The van der Waals surface area contributed by atoms with Crippen LogP contribution in [0.1, 0.15) is 11.6 Å². The zero-order chi connectivity index (χ0) is 11.6. The second-order valence-corrected chi connectivity index (χ2v) is 3.75. The minimum absolute atomic E-state index is 0.0558. The van der Waals surface area contributed by atoms with Crippen LogP contribution in [0, 0.1) is 11.6 Å². The van der Waals surface area contributed by atoms with Crippen LogP contribution in [-0.2, 0) is 0 Å². The molecule has 15 heavy (non-hydrogen) atoms. The highest BCUT2D eigenvalue weighted by atomic mass is 79.9. The van der Waals surface area contributed by atoms with Crippen LogP contribution in [-0.4, -0.2) is 18.8 Å². The zero-order valence-corrected chi connectivity index (χ0v) is 9.51. The van der Waals surface area contributed by atoms with Gasteiger partial charge < -0.3 is 15.6 Å². The summed E-state index contributed by atoms with van der Waals surface area (Å²) in [5.41, 5.74) is 5.73. The van der Waals surface area contributed by atoms with Crippen molar-refractivity contribution in [3.63, 3.8) is 0 Å². The van der Waals surface area contributed by atoms with E-state index < -0.39 is 17.7 Å². The van der Waals surface area contributed by atoms with E-state index in [2.05, 4.69) is 15.9 Å². The molecular formula is C9H10BrF2NO2. The summed E-state index contributed by atoms with van der Waals surface area (Å²) in [7, 11) is 1.21. The quantitative estimate of drug-likeness (QED) is 0.830. The maximum Gasteiger partial charge on any atom is 0.202 e. The molecule has 0 radical (unpaired) electrons. The molecule has 0 aliphatic carbocycles. The molecule has 0 bridgehead atoms. The third-order valence-electron chi connectivity index (χ3n) is 1.95. The summed E-state index contributed by atoms with van der Waals surface area (Å²) in [6.45, 7) is -0.381. The van der Waals surface area contributed by atoms with E-state index in [1.807, 2.05) is 0 Å². The Bertz CT molecular complexity index is 374. The maximum absolute atomic E-state index is 13.4. The predicted octanol–water partition coefficient (Wildman–Crippen LogP) is 1.73. The lowest BCUT2D eigenvalue weighted by Gasteiger charge is -2.15. The predicted molar refractivity (Wildman–Crippen MR) is 54.6 cm³/mol. The first-order valence-electron chi connectivity index (χ1n) is 4.10.